The van der Waals surface area contributed by atoms with Gasteiger partial charge in [0.15, 0.2) is 0 Å². The van der Waals surface area contributed by atoms with Crippen LogP contribution in [0.15, 0.2) is 42.9 Å². The first-order chi connectivity index (χ1) is 9.28. The second-order valence-corrected chi connectivity index (χ2v) is 4.52. The SMILES string of the molecule is Cn1ccc(C(Cn2cnc3ccccc32)NN)n1. The molecule has 3 aromatic rings. The second-order valence-electron chi connectivity index (χ2n) is 4.52. The summed E-state index contributed by atoms with van der Waals surface area (Å²) in [7, 11) is 1.89. The Hall–Kier alpha value is -2.18. The van der Waals surface area contributed by atoms with Gasteiger partial charge in [0.1, 0.15) is 0 Å². The van der Waals surface area contributed by atoms with E-state index < -0.39 is 0 Å². The third kappa shape index (κ3) is 2.23. The van der Waals surface area contributed by atoms with E-state index in [2.05, 4.69) is 20.1 Å². The summed E-state index contributed by atoms with van der Waals surface area (Å²) in [5.74, 6) is 5.64. The van der Waals surface area contributed by atoms with Crippen molar-refractivity contribution in [3.63, 3.8) is 0 Å². The van der Waals surface area contributed by atoms with Crippen LogP contribution in [0.3, 0.4) is 0 Å². The topological polar surface area (TPSA) is 73.7 Å². The summed E-state index contributed by atoms with van der Waals surface area (Å²) in [6.07, 6.45) is 3.74. The molecule has 0 saturated heterocycles. The Labute approximate surface area is 110 Å². The Kier molecular flexibility index (Phi) is 3.02. The van der Waals surface area contributed by atoms with Gasteiger partial charge in [-0.2, -0.15) is 5.10 Å². The van der Waals surface area contributed by atoms with E-state index in [9.17, 15) is 0 Å². The number of aromatic nitrogens is 4. The van der Waals surface area contributed by atoms with Crippen molar-refractivity contribution in [3.05, 3.63) is 48.5 Å². The lowest BCUT2D eigenvalue weighted by atomic mass is 10.2. The highest BCUT2D eigenvalue weighted by Crippen LogP contribution is 2.17. The molecule has 3 rings (SSSR count). The van der Waals surface area contributed by atoms with Crippen molar-refractivity contribution in [1.29, 1.82) is 0 Å². The number of benzene rings is 1. The molecule has 2 heterocycles. The maximum atomic E-state index is 5.64. The molecular formula is C13H16N6. The number of para-hydroxylation sites is 2. The number of hydrogen-bond donors (Lipinski definition) is 2. The van der Waals surface area contributed by atoms with Crippen LogP contribution in [-0.2, 0) is 13.6 Å². The molecule has 6 nitrogen and oxygen atoms in total. The molecule has 98 valence electrons. The van der Waals surface area contributed by atoms with E-state index in [0.717, 1.165) is 16.7 Å². The highest BCUT2D eigenvalue weighted by atomic mass is 15.3. The van der Waals surface area contributed by atoms with E-state index in [1.807, 2.05) is 49.9 Å². The quantitative estimate of drug-likeness (QED) is 0.539. The number of aryl methyl sites for hydroxylation is 1. The summed E-state index contributed by atoms with van der Waals surface area (Å²) in [5.41, 5.74) is 5.81. The van der Waals surface area contributed by atoms with Gasteiger partial charge in [-0.1, -0.05) is 12.1 Å². The molecule has 1 aromatic carbocycles. The number of imidazole rings is 1. The molecule has 0 aliphatic rings. The molecule has 6 heteroatoms. The fourth-order valence-electron chi connectivity index (χ4n) is 2.20. The number of nitrogens with two attached hydrogens (primary N) is 1. The van der Waals surface area contributed by atoms with E-state index in [0.29, 0.717) is 6.54 Å². The lowest BCUT2D eigenvalue weighted by molar-refractivity contribution is 0.466. The molecule has 0 fully saturated rings. The van der Waals surface area contributed by atoms with Crippen LogP contribution in [0.4, 0.5) is 0 Å². The molecule has 19 heavy (non-hydrogen) atoms. The number of hydrazine groups is 1. The summed E-state index contributed by atoms with van der Waals surface area (Å²) in [6.45, 7) is 0.689. The van der Waals surface area contributed by atoms with Crippen LogP contribution in [0, 0.1) is 0 Å². The van der Waals surface area contributed by atoms with Crippen molar-refractivity contribution in [2.75, 3.05) is 0 Å². The number of nitrogens with one attached hydrogen (secondary N) is 1. The zero-order chi connectivity index (χ0) is 13.2. The molecule has 0 saturated carbocycles. The summed E-state index contributed by atoms with van der Waals surface area (Å²) in [4.78, 5) is 4.37. The van der Waals surface area contributed by atoms with E-state index >= 15 is 0 Å². The van der Waals surface area contributed by atoms with Crippen LogP contribution in [0.5, 0.6) is 0 Å². The maximum absolute atomic E-state index is 5.64. The standard InChI is InChI=1S/C13H16N6/c1-18-7-6-10(17-18)12(16-14)8-19-9-15-11-4-2-3-5-13(11)19/h2-7,9,12,16H,8,14H2,1H3. The second kappa shape index (κ2) is 4.83. The number of hydrogen-bond acceptors (Lipinski definition) is 4. The summed E-state index contributed by atoms with van der Waals surface area (Å²) in [5, 5.41) is 4.38. The maximum Gasteiger partial charge on any atom is 0.0958 e. The summed E-state index contributed by atoms with van der Waals surface area (Å²) >= 11 is 0. The van der Waals surface area contributed by atoms with Gasteiger partial charge in [0.2, 0.25) is 0 Å². The minimum Gasteiger partial charge on any atom is -0.329 e. The van der Waals surface area contributed by atoms with Crippen molar-refractivity contribution >= 4 is 11.0 Å². The largest absolute Gasteiger partial charge is 0.329 e. The van der Waals surface area contributed by atoms with Crippen LogP contribution >= 0.6 is 0 Å². The smallest absolute Gasteiger partial charge is 0.0958 e. The minimum absolute atomic E-state index is 0.0428. The van der Waals surface area contributed by atoms with Gasteiger partial charge < -0.3 is 4.57 Å². The first-order valence-corrected chi connectivity index (χ1v) is 6.13. The van der Waals surface area contributed by atoms with Gasteiger partial charge in [0, 0.05) is 19.8 Å². The van der Waals surface area contributed by atoms with Gasteiger partial charge >= 0.3 is 0 Å². The van der Waals surface area contributed by atoms with Crippen molar-refractivity contribution in [2.45, 2.75) is 12.6 Å². The average molecular weight is 256 g/mol. The predicted molar refractivity (Wildman–Crippen MR) is 73.0 cm³/mol. The Morgan fingerprint density at radius 1 is 1.32 bits per heavy atom. The van der Waals surface area contributed by atoms with Crippen LogP contribution < -0.4 is 11.3 Å². The zero-order valence-corrected chi connectivity index (χ0v) is 10.7. The molecule has 0 spiro atoms. The Bertz CT molecular complexity index is 683. The summed E-state index contributed by atoms with van der Waals surface area (Å²) < 4.78 is 3.85. The molecule has 0 amide bonds. The Morgan fingerprint density at radius 3 is 2.89 bits per heavy atom. The van der Waals surface area contributed by atoms with Crippen LogP contribution in [0.1, 0.15) is 11.7 Å². The summed E-state index contributed by atoms with van der Waals surface area (Å²) in [6, 6.07) is 9.96. The molecule has 2 aromatic heterocycles. The fraction of sp³-hybridized carbons (Fsp3) is 0.231. The van der Waals surface area contributed by atoms with E-state index in [-0.39, 0.29) is 6.04 Å². The van der Waals surface area contributed by atoms with Gasteiger partial charge in [-0.3, -0.25) is 10.5 Å². The van der Waals surface area contributed by atoms with Gasteiger partial charge in [0.25, 0.3) is 0 Å². The van der Waals surface area contributed by atoms with E-state index in [1.165, 1.54) is 0 Å². The number of rotatable bonds is 4. The molecule has 0 radical (unpaired) electrons. The molecule has 0 aliphatic heterocycles. The van der Waals surface area contributed by atoms with Gasteiger partial charge in [-0.15, -0.1) is 0 Å². The lowest BCUT2D eigenvalue weighted by Gasteiger charge is -2.14. The van der Waals surface area contributed by atoms with Gasteiger partial charge in [0.05, 0.1) is 29.1 Å². The monoisotopic (exact) mass is 256 g/mol. The highest BCUT2D eigenvalue weighted by molar-refractivity contribution is 5.74. The third-order valence-corrected chi connectivity index (χ3v) is 3.20. The van der Waals surface area contributed by atoms with Gasteiger partial charge in [-0.25, -0.2) is 10.4 Å². The predicted octanol–water partition coefficient (Wildman–Crippen LogP) is 0.974. The van der Waals surface area contributed by atoms with Crippen molar-refractivity contribution < 1.29 is 0 Å². The molecule has 0 aliphatic carbocycles. The van der Waals surface area contributed by atoms with Crippen LogP contribution in [0.25, 0.3) is 11.0 Å². The third-order valence-electron chi connectivity index (χ3n) is 3.20. The highest BCUT2D eigenvalue weighted by Gasteiger charge is 2.14. The Balaban J connectivity index is 1.90. The minimum atomic E-state index is -0.0428. The number of fused-ring (bicyclic) bond motifs is 1. The molecule has 1 atom stereocenters. The van der Waals surface area contributed by atoms with E-state index in [4.69, 9.17) is 5.84 Å². The van der Waals surface area contributed by atoms with Crippen molar-refractivity contribution in [3.8, 4) is 0 Å². The Morgan fingerprint density at radius 2 is 2.16 bits per heavy atom. The zero-order valence-electron chi connectivity index (χ0n) is 10.7. The van der Waals surface area contributed by atoms with Crippen LogP contribution in [-0.4, -0.2) is 19.3 Å². The molecule has 1 unspecified atom stereocenters. The fourth-order valence-corrected chi connectivity index (χ4v) is 2.20. The first kappa shape index (κ1) is 11.9. The average Bonchev–Trinajstić information content (AvgIpc) is 3.03. The lowest BCUT2D eigenvalue weighted by Crippen LogP contribution is -2.31. The number of nitrogens with zero attached hydrogens (tertiary/aromatic N) is 4. The van der Waals surface area contributed by atoms with Crippen LogP contribution in [0.2, 0.25) is 0 Å². The van der Waals surface area contributed by atoms with Crippen molar-refractivity contribution in [1.82, 2.24) is 24.8 Å². The molecule has 0 bridgehead atoms. The van der Waals surface area contributed by atoms with Crippen molar-refractivity contribution in [2.24, 2.45) is 12.9 Å². The van der Waals surface area contributed by atoms with Gasteiger partial charge in [-0.05, 0) is 18.2 Å². The molecular weight excluding hydrogens is 240 g/mol. The normalized spacial score (nSPS) is 12.9. The first-order valence-electron chi connectivity index (χ1n) is 6.13. The molecule has 3 N–H and O–H groups in total. The van der Waals surface area contributed by atoms with E-state index in [1.54, 1.807) is 4.68 Å².